The van der Waals surface area contributed by atoms with E-state index in [4.69, 9.17) is 9.90 Å². The van der Waals surface area contributed by atoms with Gasteiger partial charge in [-0.05, 0) is 13.8 Å². The lowest BCUT2D eigenvalue weighted by molar-refractivity contribution is -0.732. The third kappa shape index (κ3) is 5.40. The number of carbonyl (C=O) groups excluding carboxylic acids is 1. The van der Waals surface area contributed by atoms with Crippen LogP contribution in [0.2, 0.25) is 0 Å². The molecule has 0 N–H and O–H groups in total. The summed E-state index contributed by atoms with van der Waals surface area (Å²) in [5, 5.41) is 13.0. The van der Waals surface area contributed by atoms with Crippen molar-refractivity contribution in [2.24, 2.45) is 7.05 Å². The molecule has 0 saturated carbocycles. The number of rotatable bonds is 1. The number of carboxylic acid groups (broad SMARTS) is 1. The molecule has 0 aromatic carbocycles. The molecule has 5 heteroatoms. The molecule has 0 radical (unpaired) electrons. The maximum atomic E-state index is 8.89. The number of carboxylic acids is 1. The SMILES string of the molecule is CC(=O)[O-].CCn1cc[n+](C)n1. The monoisotopic (exact) mass is 171 g/mol. The van der Waals surface area contributed by atoms with Crippen LogP contribution in [0, 0.1) is 0 Å². The minimum Gasteiger partial charge on any atom is -0.550 e. The molecule has 0 amide bonds. The molecule has 0 spiro atoms. The second-order valence-electron chi connectivity index (χ2n) is 2.21. The highest BCUT2D eigenvalue weighted by Crippen LogP contribution is 1.73. The highest BCUT2D eigenvalue weighted by Gasteiger charge is 1.94. The van der Waals surface area contributed by atoms with Gasteiger partial charge >= 0.3 is 0 Å². The van der Waals surface area contributed by atoms with E-state index in [0.29, 0.717) is 0 Å². The normalized spacial score (nSPS) is 8.58. The van der Waals surface area contributed by atoms with Crippen LogP contribution >= 0.6 is 0 Å². The van der Waals surface area contributed by atoms with Crippen LogP contribution in [-0.4, -0.2) is 15.9 Å². The van der Waals surface area contributed by atoms with Gasteiger partial charge in [-0.25, -0.2) is 0 Å². The van der Waals surface area contributed by atoms with E-state index in [1.807, 2.05) is 24.1 Å². The van der Waals surface area contributed by atoms with Crippen molar-refractivity contribution in [3.8, 4) is 0 Å². The summed E-state index contributed by atoms with van der Waals surface area (Å²) >= 11 is 0. The van der Waals surface area contributed by atoms with Crippen molar-refractivity contribution in [2.45, 2.75) is 20.4 Å². The van der Waals surface area contributed by atoms with E-state index in [1.54, 1.807) is 4.68 Å². The first-order chi connectivity index (χ1) is 5.56. The predicted octanol–water partition coefficient (Wildman–Crippen LogP) is -1.52. The first-order valence-corrected chi connectivity index (χ1v) is 3.63. The summed E-state index contributed by atoms with van der Waals surface area (Å²) < 4.78 is 3.66. The van der Waals surface area contributed by atoms with Gasteiger partial charge in [0.2, 0.25) is 0 Å². The fourth-order valence-corrected chi connectivity index (χ4v) is 0.583. The van der Waals surface area contributed by atoms with Gasteiger partial charge in [0, 0.05) is 5.97 Å². The van der Waals surface area contributed by atoms with Crippen molar-refractivity contribution < 1.29 is 14.6 Å². The van der Waals surface area contributed by atoms with Crippen LogP contribution in [-0.2, 0) is 18.4 Å². The minimum absolute atomic E-state index is 0.945. The summed E-state index contributed by atoms with van der Waals surface area (Å²) in [7, 11) is 1.91. The Morgan fingerprint density at radius 2 is 2.25 bits per heavy atom. The Kier molecular flexibility index (Phi) is 4.67. The quantitative estimate of drug-likeness (QED) is 0.482. The first kappa shape index (κ1) is 10.6. The largest absolute Gasteiger partial charge is 0.550 e. The molecule has 0 saturated heterocycles. The van der Waals surface area contributed by atoms with Gasteiger partial charge in [0.25, 0.3) is 0 Å². The lowest BCUT2D eigenvalue weighted by Crippen LogP contribution is -2.30. The molecule has 1 rings (SSSR count). The maximum Gasteiger partial charge on any atom is 0.155 e. The molecule has 12 heavy (non-hydrogen) atoms. The zero-order valence-corrected chi connectivity index (χ0v) is 7.52. The summed E-state index contributed by atoms with van der Waals surface area (Å²) in [5.74, 6) is -1.08. The Balaban J connectivity index is 0.000000261. The highest BCUT2D eigenvalue weighted by molar-refractivity contribution is 5.60. The first-order valence-electron chi connectivity index (χ1n) is 3.63. The Morgan fingerprint density at radius 3 is 2.42 bits per heavy atom. The van der Waals surface area contributed by atoms with Gasteiger partial charge in [-0.15, -0.1) is 9.36 Å². The zero-order valence-electron chi connectivity index (χ0n) is 7.52. The summed E-state index contributed by atoms with van der Waals surface area (Å²) in [4.78, 5) is 8.89. The van der Waals surface area contributed by atoms with Crippen molar-refractivity contribution in [1.29, 1.82) is 0 Å². The molecule has 1 heterocycles. The van der Waals surface area contributed by atoms with E-state index < -0.39 is 5.97 Å². The topological polar surface area (TPSA) is 61.8 Å². The molecule has 0 aliphatic heterocycles. The van der Waals surface area contributed by atoms with Gasteiger partial charge in [-0.1, -0.05) is 0 Å². The molecular formula is C7H13N3O2. The Hall–Kier alpha value is -1.39. The number of aromatic nitrogens is 3. The number of aryl methyl sites for hydroxylation is 2. The molecule has 0 fully saturated rings. The second-order valence-corrected chi connectivity index (χ2v) is 2.21. The van der Waals surface area contributed by atoms with E-state index in [9.17, 15) is 0 Å². The van der Waals surface area contributed by atoms with Crippen LogP contribution < -0.4 is 9.79 Å². The van der Waals surface area contributed by atoms with Crippen molar-refractivity contribution >= 4 is 5.97 Å². The van der Waals surface area contributed by atoms with Gasteiger partial charge in [0.15, 0.2) is 12.4 Å². The fraction of sp³-hybridized carbons (Fsp3) is 0.571. The Labute approximate surface area is 71.2 Å². The number of hydrogen-bond donors (Lipinski definition) is 0. The van der Waals surface area contributed by atoms with Gasteiger partial charge in [0.1, 0.15) is 13.6 Å². The number of carbonyl (C=O) groups is 1. The maximum absolute atomic E-state index is 8.89. The molecule has 0 bridgehead atoms. The van der Waals surface area contributed by atoms with Crippen molar-refractivity contribution in [3.63, 3.8) is 0 Å². The third-order valence-electron chi connectivity index (χ3n) is 1.03. The summed E-state index contributed by atoms with van der Waals surface area (Å²) in [6.45, 7) is 3.98. The molecular weight excluding hydrogens is 158 g/mol. The minimum atomic E-state index is -1.08. The average molecular weight is 171 g/mol. The van der Waals surface area contributed by atoms with E-state index >= 15 is 0 Å². The fourth-order valence-electron chi connectivity index (χ4n) is 0.583. The lowest BCUT2D eigenvalue weighted by atomic mass is 10.7. The zero-order chi connectivity index (χ0) is 9.56. The van der Waals surface area contributed by atoms with E-state index in [0.717, 1.165) is 13.5 Å². The van der Waals surface area contributed by atoms with Gasteiger partial charge in [-0.2, -0.15) is 0 Å². The third-order valence-corrected chi connectivity index (χ3v) is 1.03. The van der Waals surface area contributed by atoms with Crippen LogP contribution in [0.4, 0.5) is 0 Å². The lowest BCUT2D eigenvalue weighted by Gasteiger charge is -1.77. The van der Waals surface area contributed by atoms with E-state index in [1.165, 1.54) is 0 Å². The van der Waals surface area contributed by atoms with E-state index in [-0.39, 0.29) is 0 Å². The van der Waals surface area contributed by atoms with Crippen molar-refractivity contribution in [3.05, 3.63) is 12.4 Å². The number of aliphatic carboxylic acids is 1. The van der Waals surface area contributed by atoms with Crippen molar-refractivity contribution in [2.75, 3.05) is 0 Å². The molecule has 5 nitrogen and oxygen atoms in total. The smallest absolute Gasteiger partial charge is 0.155 e. The molecule has 0 unspecified atom stereocenters. The molecule has 68 valence electrons. The van der Waals surface area contributed by atoms with Crippen LogP contribution in [0.3, 0.4) is 0 Å². The van der Waals surface area contributed by atoms with E-state index in [2.05, 4.69) is 12.1 Å². The standard InChI is InChI=1S/C5H10N3.C2H4O2/c1-3-8-5-4-7(2)6-8;1-2(3)4/h4-5H,3H2,1-2H3;1H3,(H,3,4)/q+1;/p-1. The number of hydrogen-bond acceptors (Lipinski definition) is 3. The molecule has 0 atom stereocenters. The van der Waals surface area contributed by atoms with Crippen LogP contribution in [0.5, 0.6) is 0 Å². The van der Waals surface area contributed by atoms with Crippen LogP contribution in [0.1, 0.15) is 13.8 Å². The molecule has 0 aliphatic rings. The molecule has 1 aromatic heterocycles. The predicted molar refractivity (Wildman–Crippen MR) is 39.8 cm³/mol. The summed E-state index contributed by atoms with van der Waals surface area (Å²) in [6.07, 6.45) is 3.86. The highest BCUT2D eigenvalue weighted by atomic mass is 16.4. The second kappa shape index (κ2) is 5.29. The Morgan fingerprint density at radius 1 is 1.75 bits per heavy atom. The van der Waals surface area contributed by atoms with Crippen LogP contribution in [0.25, 0.3) is 0 Å². The van der Waals surface area contributed by atoms with Gasteiger partial charge in [-0.3, -0.25) is 0 Å². The summed E-state index contributed by atoms with van der Waals surface area (Å²) in [6, 6.07) is 0. The van der Waals surface area contributed by atoms with Crippen LogP contribution in [0.15, 0.2) is 12.4 Å². The molecule has 1 aromatic rings. The summed E-state index contributed by atoms with van der Waals surface area (Å²) in [5.41, 5.74) is 0. The molecule has 0 aliphatic carbocycles. The average Bonchev–Trinajstić information content (AvgIpc) is 2.34. The van der Waals surface area contributed by atoms with Crippen molar-refractivity contribution in [1.82, 2.24) is 9.90 Å². The van der Waals surface area contributed by atoms with Gasteiger partial charge < -0.3 is 9.90 Å². The van der Waals surface area contributed by atoms with Gasteiger partial charge in [0.05, 0.1) is 5.21 Å². The number of nitrogens with zero attached hydrogens (tertiary/aromatic N) is 3. The Bertz CT molecular complexity index is 241.